The summed E-state index contributed by atoms with van der Waals surface area (Å²) in [4.78, 5) is 9.47. The number of furan rings is 2. The molecule has 2 aromatic rings. The van der Waals surface area contributed by atoms with Crippen molar-refractivity contribution in [2.24, 2.45) is 0 Å². The van der Waals surface area contributed by atoms with Crippen LogP contribution in [0.2, 0.25) is 0 Å². The largest absolute Gasteiger partial charge is 0.545 e. The van der Waals surface area contributed by atoms with Gasteiger partial charge in [0.05, 0.1) is 5.69 Å². The van der Waals surface area contributed by atoms with Gasteiger partial charge in [-0.3, -0.25) is 0 Å². The summed E-state index contributed by atoms with van der Waals surface area (Å²) in [7, 11) is 0. The highest BCUT2D eigenvalue weighted by Gasteiger charge is 2.00. The molecule has 0 saturated heterocycles. The van der Waals surface area contributed by atoms with Crippen LogP contribution in [0, 0.1) is 0 Å². The average molecular weight is 238 g/mol. The topological polar surface area (TPSA) is 74.7 Å². The number of rotatable bonds is 0. The molecule has 2 bridgehead atoms. The minimum Gasteiger partial charge on any atom is -0.455 e. The number of benzene rings is 1. The summed E-state index contributed by atoms with van der Waals surface area (Å²) in [5.41, 5.74) is 7.84. The zero-order valence-corrected chi connectivity index (χ0v) is 8.21. The Morgan fingerprint density at radius 2 is 2.00 bits per heavy atom. The molecule has 0 atom stereocenters. The Balaban J connectivity index is 0.000000149. The number of halogens is 2. The standard InChI is InChI=1S/C6H5NO.CCl2O3/c7-5-3-4-1-2-6(5)8-4;2-5-1(4)6-3/h1-3H,7H2;. The lowest BCUT2D eigenvalue weighted by atomic mass is 10.3. The van der Waals surface area contributed by atoms with E-state index in [1.807, 2.05) is 18.2 Å². The van der Waals surface area contributed by atoms with Crippen LogP contribution in [-0.4, -0.2) is 6.16 Å². The number of fused-ring (bicyclic) bond motifs is 2. The van der Waals surface area contributed by atoms with Crippen LogP contribution in [0.5, 0.6) is 0 Å². The first-order valence-electron chi connectivity index (χ1n) is 3.36. The minimum atomic E-state index is -1.13. The Kier molecular flexibility index (Phi) is 3.67. The van der Waals surface area contributed by atoms with E-state index in [1.54, 1.807) is 0 Å². The fraction of sp³-hybridized carbons (Fsp3) is 0. The highest BCUT2D eigenvalue weighted by atomic mass is 35.5. The molecule has 0 fully saturated rings. The van der Waals surface area contributed by atoms with Crippen molar-refractivity contribution in [1.29, 1.82) is 0 Å². The van der Waals surface area contributed by atoms with Gasteiger partial charge >= 0.3 is 6.16 Å². The Morgan fingerprint density at radius 1 is 1.36 bits per heavy atom. The van der Waals surface area contributed by atoms with Gasteiger partial charge in [0.15, 0.2) is 5.58 Å². The molecular formula is C7H5Cl2NO4. The smallest absolute Gasteiger partial charge is 0.455 e. The first kappa shape index (κ1) is 10.7. The third-order valence-electron chi connectivity index (χ3n) is 1.34. The summed E-state index contributed by atoms with van der Waals surface area (Å²) in [5.74, 6) is 0. The van der Waals surface area contributed by atoms with Gasteiger partial charge in [-0.2, -0.15) is 0 Å². The van der Waals surface area contributed by atoms with Crippen LogP contribution >= 0.6 is 23.7 Å². The molecule has 7 heteroatoms. The molecule has 76 valence electrons. The number of carbonyl (C=O) groups excluding carboxylic acids is 1. The maximum absolute atomic E-state index is 9.47. The fourth-order valence-electron chi connectivity index (χ4n) is 0.822. The van der Waals surface area contributed by atoms with Crippen LogP contribution < -0.4 is 5.73 Å². The van der Waals surface area contributed by atoms with Crippen molar-refractivity contribution in [3.63, 3.8) is 0 Å². The normalized spacial score (nSPS) is 9.29. The molecule has 0 spiro atoms. The average Bonchev–Trinajstić information content (AvgIpc) is 2.78. The van der Waals surface area contributed by atoms with E-state index in [0.717, 1.165) is 16.9 Å². The fourth-order valence-corrected chi connectivity index (χ4v) is 0.917. The number of anilines is 1. The van der Waals surface area contributed by atoms with Crippen molar-refractivity contribution < 1.29 is 17.8 Å². The molecular weight excluding hydrogens is 233 g/mol. The van der Waals surface area contributed by atoms with Gasteiger partial charge in [0.25, 0.3) is 0 Å². The van der Waals surface area contributed by atoms with E-state index in [9.17, 15) is 4.79 Å². The Hall–Kier alpha value is -1.33. The second kappa shape index (κ2) is 4.78. The summed E-state index contributed by atoms with van der Waals surface area (Å²) in [6.45, 7) is 0. The quantitative estimate of drug-likeness (QED) is 0.714. The lowest BCUT2D eigenvalue weighted by Gasteiger charge is -1.81. The molecule has 0 aliphatic carbocycles. The summed E-state index contributed by atoms with van der Waals surface area (Å²) < 4.78 is 11.8. The Labute approximate surface area is 88.9 Å². The number of hydrogen-bond acceptors (Lipinski definition) is 5. The maximum Gasteiger partial charge on any atom is 0.545 e. The van der Waals surface area contributed by atoms with Crippen LogP contribution in [0.25, 0.3) is 11.2 Å². The summed E-state index contributed by atoms with van der Waals surface area (Å²) in [5, 5.41) is 0. The van der Waals surface area contributed by atoms with Crippen LogP contribution in [0.4, 0.5) is 10.5 Å². The van der Waals surface area contributed by atoms with Gasteiger partial charge in [0.1, 0.15) is 29.3 Å². The van der Waals surface area contributed by atoms with Crippen LogP contribution in [0.1, 0.15) is 0 Å². The number of hydrogen-bond donors (Lipinski definition) is 1. The van der Waals surface area contributed by atoms with Gasteiger partial charge in [0.2, 0.25) is 0 Å². The molecule has 5 nitrogen and oxygen atoms in total. The van der Waals surface area contributed by atoms with E-state index in [2.05, 4.69) is 32.3 Å². The molecule has 2 aromatic heterocycles. The van der Waals surface area contributed by atoms with Crippen LogP contribution in [-0.2, 0) is 8.58 Å². The number of nitrogen functional groups attached to an aromatic ring is 1. The molecule has 0 unspecified atom stereocenters. The molecule has 2 N–H and O–H groups in total. The Morgan fingerprint density at radius 3 is 2.14 bits per heavy atom. The van der Waals surface area contributed by atoms with E-state index in [-0.39, 0.29) is 0 Å². The van der Waals surface area contributed by atoms with E-state index in [4.69, 9.17) is 10.2 Å². The SMILES string of the molecule is Nc1cc2ccc1o2.O=C(OCl)OCl. The van der Waals surface area contributed by atoms with Crippen LogP contribution in [0.3, 0.4) is 0 Å². The maximum atomic E-state index is 9.47. The van der Waals surface area contributed by atoms with Gasteiger partial charge in [-0.1, -0.05) is 0 Å². The van der Waals surface area contributed by atoms with Crippen molar-refractivity contribution in [2.75, 3.05) is 5.73 Å². The molecule has 0 amide bonds. The van der Waals surface area contributed by atoms with E-state index < -0.39 is 6.16 Å². The highest BCUT2D eigenvalue weighted by Crippen LogP contribution is 2.22. The van der Waals surface area contributed by atoms with Crippen molar-refractivity contribution in [1.82, 2.24) is 0 Å². The lowest BCUT2D eigenvalue weighted by molar-refractivity contribution is 0.161. The zero-order valence-electron chi connectivity index (χ0n) is 6.70. The predicted molar refractivity (Wildman–Crippen MR) is 51.1 cm³/mol. The van der Waals surface area contributed by atoms with Gasteiger partial charge in [-0.15, -0.1) is 0 Å². The molecule has 0 radical (unpaired) electrons. The summed E-state index contributed by atoms with van der Waals surface area (Å²) in [6, 6.07) is 5.58. The van der Waals surface area contributed by atoms with E-state index in [1.165, 1.54) is 0 Å². The van der Waals surface area contributed by atoms with Crippen molar-refractivity contribution >= 4 is 46.7 Å². The van der Waals surface area contributed by atoms with Gasteiger partial charge in [0, 0.05) is 6.07 Å². The van der Waals surface area contributed by atoms with Gasteiger partial charge < -0.3 is 18.7 Å². The van der Waals surface area contributed by atoms with Gasteiger partial charge in [-0.25, -0.2) is 4.79 Å². The Bertz CT molecular complexity index is 396. The molecule has 0 aliphatic heterocycles. The van der Waals surface area contributed by atoms with Crippen molar-refractivity contribution in [3.8, 4) is 0 Å². The van der Waals surface area contributed by atoms with Crippen molar-refractivity contribution in [3.05, 3.63) is 18.2 Å². The van der Waals surface area contributed by atoms with Gasteiger partial charge in [-0.05, 0) is 12.1 Å². The molecule has 0 aliphatic rings. The number of nitrogens with two attached hydrogens (primary N) is 1. The highest BCUT2D eigenvalue weighted by molar-refractivity contribution is 6.17. The first-order chi connectivity index (χ1) is 6.67. The van der Waals surface area contributed by atoms with Crippen molar-refractivity contribution in [2.45, 2.75) is 0 Å². The first-order valence-corrected chi connectivity index (χ1v) is 3.97. The second-order valence-corrected chi connectivity index (χ2v) is 2.51. The molecule has 2 heterocycles. The van der Waals surface area contributed by atoms with Crippen LogP contribution in [0.15, 0.2) is 22.6 Å². The molecule has 0 aromatic carbocycles. The number of carbonyl (C=O) groups is 1. The summed E-state index contributed by atoms with van der Waals surface area (Å²) in [6.07, 6.45) is -1.13. The monoisotopic (exact) mass is 237 g/mol. The lowest BCUT2D eigenvalue weighted by Crippen LogP contribution is -1.89. The zero-order chi connectivity index (χ0) is 10.6. The summed E-state index contributed by atoms with van der Waals surface area (Å²) >= 11 is 8.79. The van der Waals surface area contributed by atoms with E-state index >= 15 is 0 Å². The second-order valence-electron chi connectivity index (χ2n) is 2.21. The minimum absolute atomic E-state index is 0.738. The van der Waals surface area contributed by atoms with E-state index in [0.29, 0.717) is 0 Å². The molecule has 14 heavy (non-hydrogen) atoms. The predicted octanol–water partition coefficient (Wildman–Crippen LogP) is 2.90. The third-order valence-corrected chi connectivity index (χ3v) is 1.59. The molecule has 0 saturated carbocycles. The third kappa shape index (κ3) is 2.58. The molecule has 2 rings (SSSR count).